The van der Waals surface area contributed by atoms with Crippen molar-refractivity contribution in [1.29, 1.82) is 0 Å². The summed E-state index contributed by atoms with van der Waals surface area (Å²) < 4.78 is 0. The predicted octanol–water partition coefficient (Wildman–Crippen LogP) is 1.34. The fraction of sp³-hybridized carbons (Fsp3) is 0.273. The van der Waals surface area contributed by atoms with Crippen molar-refractivity contribution >= 4 is 25.6 Å². The Bertz CT molecular complexity index is 276. The van der Waals surface area contributed by atoms with Crippen LogP contribution < -0.4 is 10.9 Å². The molecule has 0 aliphatic rings. The number of halogens is 1. The lowest BCUT2D eigenvalue weighted by Crippen LogP contribution is -2.45. The van der Waals surface area contributed by atoms with Crippen LogP contribution in [0.1, 0.15) is 6.42 Å². The summed E-state index contributed by atoms with van der Waals surface area (Å²) in [6.45, 7) is 3.71. The monoisotopic (exact) mass is 225 g/mol. The highest BCUT2D eigenvalue weighted by Gasteiger charge is 2.19. The van der Waals surface area contributed by atoms with Gasteiger partial charge in [-0.15, -0.1) is 18.2 Å². The van der Waals surface area contributed by atoms with Gasteiger partial charge in [-0.25, -0.2) is 0 Å². The molecule has 0 bridgehead atoms. The van der Waals surface area contributed by atoms with E-state index in [2.05, 4.69) is 18.7 Å². The molecule has 0 aliphatic heterocycles. The molecule has 2 unspecified atom stereocenters. The first-order chi connectivity index (χ1) is 6.79. The number of alkyl halides is 1. The first-order valence-corrected chi connectivity index (χ1v) is 7.29. The minimum absolute atomic E-state index is 0.180. The Morgan fingerprint density at radius 1 is 1.43 bits per heavy atom. The van der Waals surface area contributed by atoms with Crippen LogP contribution in [0.2, 0.25) is 0 Å². The number of hydrogen-bond acceptors (Lipinski definition) is 1. The topological polar surface area (TPSA) is 26.0 Å². The van der Waals surface area contributed by atoms with Crippen molar-refractivity contribution in [2.75, 3.05) is 6.17 Å². The van der Waals surface area contributed by atoms with Crippen molar-refractivity contribution in [3.63, 3.8) is 0 Å². The predicted molar refractivity (Wildman–Crippen MR) is 66.7 cm³/mol. The van der Waals surface area contributed by atoms with Gasteiger partial charge in [-0.2, -0.15) is 0 Å². The summed E-state index contributed by atoms with van der Waals surface area (Å²) in [5.41, 5.74) is 5.78. The van der Waals surface area contributed by atoms with Crippen LogP contribution in [0.5, 0.6) is 0 Å². The number of hydrogen-bond donors (Lipinski definition) is 1. The number of nitrogens with two attached hydrogens (primary N) is 1. The van der Waals surface area contributed by atoms with Crippen molar-refractivity contribution in [1.82, 2.24) is 0 Å². The maximum absolute atomic E-state index is 6.29. The number of allylic oxidation sites excluding steroid dienone is 1. The van der Waals surface area contributed by atoms with Crippen molar-refractivity contribution in [2.24, 2.45) is 5.73 Å². The summed E-state index contributed by atoms with van der Waals surface area (Å²) >= 11 is 6.29. The summed E-state index contributed by atoms with van der Waals surface area (Å²) in [5.74, 6) is 0. The molecule has 2 atom stereocenters. The second-order valence-electron chi connectivity index (χ2n) is 3.29. The zero-order chi connectivity index (χ0) is 10.4. The van der Waals surface area contributed by atoms with Gasteiger partial charge < -0.3 is 5.73 Å². The van der Waals surface area contributed by atoms with E-state index in [4.69, 9.17) is 17.3 Å². The first-order valence-electron chi connectivity index (χ1n) is 4.79. The van der Waals surface area contributed by atoms with Gasteiger partial charge in [-0.1, -0.05) is 41.6 Å². The lowest BCUT2D eigenvalue weighted by Gasteiger charge is -2.18. The minimum atomic E-state index is -1.21. The van der Waals surface area contributed by atoms with E-state index in [0.29, 0.717) is 6.17 Å². The van der Waals surface area contributed by atoms with E-state index in [1.54, 1.807) is 0 Å². The third-order valence-electron chi connectivity index (χ3n) is 2.31. The minimum Gasteiger partial charge on any atom is -0.333 e. The Morgan fingerprint density at radius 2 is 2.07 bits per heavy atom. The smallest absolute Gasteiger partial charge is 0.105 e. The van der Waals surface area contributed by atoms with Crippen LogP contribution in [0.25, 0.3) is 0 Å². The highest BCUT2D eigenvalue weighted by molar-refractivity contribution is 6.80. The van der Waals surface area contributed by atoms with Crippen LogP contribution in [-0.4, -0.2) is 20.0 Å². The standard InChI is InChI=1S/C11H16ClNSi/c1-2-6-11(12)14(9-13)10-7-4-3-5-8-10/h2-5,7-8,11,14H,1,6,9,13H2. The molecule has 0 saturated carbocycles. The Labute approximate surface area is 92.2 Å². The second kappa shape index (κ2) is 6.01. The Balaban J connectivity index is 2.76. The Hall–Kier alpha value is -0.573. The van der Waals surface area contributed by atoms with Crippen LogP contribution >= 0.6 is 11.6 Å². The number of benzene rings is 1. The maximum atomic E-state index is 6.29. The van der Waals surface area contributed by atoms with Crippen LogP contribution in [0.4, 0.5) is 0 Å². The van der Waals surface area contributed by atoms with Gasteiger partial charge in [0.15, 0.2) is 0 Å². The molecular weight excluding hydrogens is 210 g/mol. The molecule has 1 aromatic carbocycles. The second-order valence-corrected chi connectivity index (χ2v) is 7.43. The quantitative estimate of drug-likeness (QED) is 0.457. The fourth-order valence-electron chi connectivity index (χ4n) is 1.52. The molecule has 0 fully saturated rings. The fourth-order valence-corrected chi connectivity index (χ4v) is 4.61. The zero-order valence-corrected chi connectivity index (χ0v) is 10.1. The van der Waals surface area contributed by atoms with E-state index >= 15 is 0 Å². The first kappa shape index (κ1) is 11.5. The van der Waals surface area contributed by atoms with E-state index in [1.807, 2.05) is 24.3 Å². The summed E-state index contributed by atoms with van der Waals surface area (Å²) in [4.78, 5) is 0. The molecular formula is C11H16ClNSi. The average molecular weight is 226 g/mol. The number of rotatable bonds is 5. The lowest BCUT2D eigenvalue weighted by molar-refractivity contribution is 1.11. The van der Waals surface area contributed by atoms with E-state index in [9.17, 15) is 0 Å². The summed E-state index contributed by atoms with van der Waals surface area (Å²) in [6, 6.07) is 10.4. The van der Waals surface area contributed by atoms with E-state index in [0.717, 1.165) is 6.42 Å². The Morgan fingerprint density at radius 3 is 2.57 bits per heavy atom. The van der Waals surface area contributed by atoms with Gasteiger partial charge >= 0.3 is 0 Å². The van der Waals surface area contributed by atoms with Crippen LogP contribution in [0, 0.1) is 0 Å². The van der Waals surface area contributed by atoms with Gasteiger partial charge in [0, 0.05) is 5.00 Å². The highest BCUT2D eigenvalue weighted by Crippen LogP contribution is 2.07. The van der Waals surface area contributed by atoms with Crippen molar-refractivity contribution in [3.8, 4) is 0 Å². The lowest BCUT2D eigenvalue weighted by atomic mass is 10.4. The normalized spacial score (nSPS) is 14.7. The molecule has 76 valence electrons. The molecule has 0 saturated heterocycles. The van der Waals surface area contributed by atoms with Crippen molar-refractivity contribution in [3.05, 3.63) is 43.0 Å². The maximum Gasteiger partial charge on any atom is 0.105 e. The molecule has 3 heteroatoms. The summed E-state index contributed by atoms with van der Waals surface area (Å²) in [5, 5.41) is 1.52. The van der Waals surface area contributed by atoms with Crippen LogP contribution in [-0.2, 0) is 0 Å². The molecule has 0 radical (unpaired) electrons. The molecule has 1 nitrogen and oxygen atoms in total. The van der Waals surface area contributed by atoms with Gasteiger partial charge in [0.25, 0.3) is 0 Å². The van der Waals surface area contributed by atoms with Gasteiger partial charge in [-0.3, -0.25) is 0 Å². The van der Waals surface area contributed by atoms with E-state index in [-0.39, 0.29) is 5.00 Å². The third-order valence-corrected chi connectivity index (χ3v) is 6.30. The van der Waals surface area contributed by atoms with Gasteiger partial charge in [0.2, 0.25) is 0 Å². The zero-order valence-electron chi connectivity index (χ0n) is 8.20. The Kier molecular flexibility index (Phi) is 4.94. The van der Waals surface area contributed by atoms with Gasteiger partial charge in [0.05, 0.1) is 0 Å². The largest absolute Gasteiger partial charge is 0.333 e. The highest BCUT2D eigenvalue weighted by atomic mass is 35.5. The molecule has 0 amide bonds. The third kappa shape index (κ3) is 2.98. The summed E-state index contributed by atoms with van der Waals surface area (Å²) in [6.07, 6.45) is 3.44. The van der Waals surface area contributed by atoms with Gasteiger partial charge in [0.1, 0.15) is 8.80 Å². The molecule has 14 heavy (non-hydrogen) atoms. The molecule has 2 N–H and O–H groups in total. The molecule has 0 spiro atoms. The molecule has 1 aromatic rings. The van der Waals surface area contributed by atoms with E-state index in [1.165, 1.54) is 5.19 Å². The summed E-state index contributed by atoms with van der Waals surface area (Å²) in [7, 11) is -1.21. The van der Waals surface area contributed by atoms with Crippen LogP contribution in [0.15, 0.2) is 43.0 Å². The van der Waals surface area contributed by atoms with Crippen molar-refractivity contribution in [2.45, 2.75) is 11.4 Å². The molecule has 0 aliphatic carbocycles. The van der Waals surface area contributed by atoms with Gasteiger partial charge in [-0.05, 0) is 12.6 Å². The molecule has 0 heterocycles. The van der Waals surface area contributed by atoms with Crippen molar-refractivity contribution < 1.29 is 0 Å². The SMILES string of the molecule is C=CCC(Cl)[SiH](CN)c1ccccc1. The molecule has 1 rings (SSSR count). The van der Waals surface area contributed by atoms with Crippen LogP contribution in [0.3, 0.4) is 0 Å². The van der Waals surface area contributed by atoms with E-state index < -0.39 is 8.80 Å². The molecule has 0 aromatic heterocycles. The average Bonchev–Trinajstić information content (AvgIpc) is 2.21.